The van der Waals surface area contributed by atoms with Gasteiger partial charge in [0.1, 0.15) is 5.75 Å². The lowest BCUT2D eigenvalue weighted by Crippen LogP contribution is -2.17. The molecule has 3 heterocycles. The summed E-state index contributed by atoms with van der Waals surface area (Å²) in [6, 6.07) is 6.93. The number of anilines is 1. The van der Waals surface area contributed by atoms with Gasteiger partial charge in [0.15, 0.2) is 21.2 Å². The summed E-state index contributed by atoms with van der Waals surface area (Å²) in [6.07, 6.45) is 4.00. The van der Waals surface area contributed by atoms with Gasteiger partial charge in [-0.2, -0.15) is 5.10 Å². The van der Waals surface area contributed by atoms with Gasteiger partial charge in [0.2, 0.25) is 5.82 Å². The Morgan fingerprint density at radius 2 is 1.97 bits per heavy atom. The van der Waals surface area contributed by atoms with Gasteiger partial charge in [0, 0.05) is 16.8 Å². The second-order valence-electron chi connectivity index (χ2n) is 8.13. The fourth-order valence-corrected chi connectivity index (χ4v) is 6.15. The van der Waals surface area contributed by atoms with Crippen LogP contribution in [0, 0.1) is 0 Å². The average molecular weight is 458 g/mol. The molecule has 0 saturated carbocycles. The number of amides is 1. The highest BCUT2D eigenvalue weighted by atomic mass is 32.2. The number of hydrogen-bond acceptors (Lipinski definition) is 8. The Hall–Kier alpha value is -3.21. The Bertz CT molecular complexity index is 1260. The van der Waals surface area contributed by atoms with Crippen LogP contribution in [0.2, 0.25) is 0 Å². The fraction of sp³-hybridized carbons (Fsp3) is 0.429. The first kappa shape index (κ1) is 20.7. The van der Waals surface area contributed by atoms with Crippen molar-refractivity contribution in [1.82, 2.24) is 20.1 Å². The third-order valence-electron chi connectivity index (χ3n) is 6.06. The van der Waals surface area contributed by atoms with E-state index < -0.39 is 15.7 Å². The van der Waals surface area contributed by atoms with Gasteiger partial charge in [-0.1, -0.05) is 0 Å². The number of nitrogens with zero attached hydrogens (tertiary/aromatic N) is 4. The number of sulfone groups is 1. The third-order valence-corrected chi connectivity index (χ3v) is 7.81. The van der Waals surface area contributed by atoms with Gasteiger partial charge in [-0.3, -0.25) is 9.48 Å². The topological polar surface area (TPSA) is 129 Å². The van der Waals surface area contributed by atoms with Crippen LogP contribution in [0.25, 0.3) is 11.3 Å². The minimum atomic E-state index is -3.06. The maximum atomic E-state index is 13.2. The molecule has 0 radical (unpaired) electrons. The van der Waals surface area contributed by atoms with Crippen molar-refractivity contribution in [2.24, 2.45) is 0 Å². The van der Waals surface area contributed by atoms with E-state index in [9.17, 15) is 13.2 Å². The van der Waals surface area contributed by atoms with Crippen molar-refractivity contribution < 1.29 is 22.6 Å². The van der Waals surface area contributed by atoms with Crippen molar-refractivity contribution in [3.05, 3.63) is 41.2 Å². The molecular formula is C21H23N5O5S. The Morgan fingerprint density at radius 3 is 2.69 bits per heavy atom. The van der Waals surface area contributed by atoms with Crippen LogP contribution in [0.4, 0.5) is 5.82 Å². The number of methoxy groups -OCH3 is 1. The molecule has 1 amide bonds. The minimum Gasteiger partial charge on any atom is -0.497 e. The fourth-order valence-electron chi connectivity index (χ4n) is 4.45. The molecule has 10 nitrogen and oxygen atoms in total. The first-order valence-corrected chi connectivity index (χ1v) is 12.4. The number of carbonyl (C=O) groups is 1. The molecule has 1 fully saturated rings. The van der Waals surface area contributed by atoms with Gasteiger partial charge < -0.3 is 10.1 Å². The number of rotatable bonds is 5. The molecule has 0 spiro atoms. The number of ether oxygens (including phenoxy) is 1. The molecule has 1 aromatic carbocycles. The summed E-state index contributed by atoms with van der Waals surface area (Å²) in [4.78, 5) is 13.2. The largest absolute Gasteiger partial charge is 0.497 e. The highest BCUT2D eigenvalue weighted by Gasteiger charge is 2.34. The average Bonchev–Trinajstić information content (AvgIpc) is 3.50. The summed E-state index contributed by atoms with van der Waals surface area (Å²) in [5.41, 5.74) is 3.28. The number of hydrogen-bond donors (Lipinski definition) is 1. The third kappa shape index (κ3) is 3.77. The quantitative estimate of drug-likeness (QED) is 0.618. The van der Waals surface area contributed by atoms with Crippen LogP contribution in [0.5, 0.6) is 5.75 Å². The first-order chi connectivity index (χ1) is 15.4. The minimum absolute atomic E-state index is 0.0665. The second kappa shape index (κ2) is 8.05. The van der Waals surface area contributed by atoms with E-state index in [-0.39, 0.29) is 23.4 Å². The molecule has 0 unspecified atom stereocenters. The molecule has 1 aliphatic heterocycles. The van der Waals surface area contributed by atoms with E-state index >= 15 is 0 Å². The lowest BCUT2D eigenvalue weighted by molar-refractivity contribution is 0.101. The van der Waals surface area contributed by atoms with Crippen molar-refractivity contribution >= 4 is 21.6 Å². The van der Waals surface area contributed by atoms with Gasteiger partial charge >= 0.3 is 0 Å². The molecule has 1 N–H and O–H groups in total. The number of aromatic nitrogens is 4. The van der Waals surface area contributed by atoms with Crippen LogP contribution in [-0.2, 0) is 22.7 Å². The Balaban J connectivity index is 1.44. The van der Waals surface area contributed by atoms with Gasteiger partial charge in [0.05, 0.1) is 24.7 Å². The Kier molecular flexibility index (Phi) is 5.20. The molecule has 5 rings (SSSR count). The highest BCUT2D eigenvalue weighted by Crippen LogP contribution is 2.32. The molecule has 1 saturated heterocycles. The monoisotopic (exact) mass is 457 g/mol. The zero-order valence-electron chi connectivity index (χ0n) is 17.6. The first-order valence-electron chi connectivity index (χ1n) is 10.5. The summed E-state index contributed by atoms with van der Waals surface area (Å²) >= 11 is 0. The van der Waals surface area contributed by atoms with Crippen LogP contribution in [0.15, 0.2) is 28.9 Å². The van der Waals surface area contributed by atoms with Gasteiger partial charge in [0.25, 0.3) is 5.91 Å². The molecule has 11 heteroatoms. The number of fused-ring (bicyclic) bond motifs is 1. The SMILES string of the molecule is COc1ccc(-c2nonc2NC(=O)c2nn([C@@H]3CCS(=O)(=O)C3)c3c2CCCC3)cc1. The van der Waals surface area contributed by atoms with E-state index in [0.29, 0.717) is 29.1 Å². The summed E-state index contributed by atoms with van der Waals surface area (Å²) in [7, 11) is -1.48. The van der Waals surface area contributed by atoms with Gasteiger partial charge in [-0.05, 0) is 66.7 Å². The predicted molar refractivity (Wildman–Crippen MR) is 115 cm³/mol. The molecule has 1 aliphatic carbocycles. The highest BCUT2D eigenvalue weighted by molar-refractivity contribution is 7.91. The zero-order valence-corrected chi connectivity index (χ0v) is 18.4. The van der Waals surface area contributed by atoms with Gasteiger partial charge in [-0.15, -0.1) is 0 Å². The van der Waals surface area contributed by atoms with Crippen LogP contribution < -0.4 is 10.1 Å². The Morgan fingerprint density at radius 1 is 1.19 bits per heavy atom. The normalized spacial score (nSPS) is 19.5. The van der Waals surface area contributed by atoms with Crippen LogP contribution >= 0.6 is 0 Å². The van der Waals surface area contributed by atoms with E-state index in [4.69, 9.17) is 9.37 Å². The maximum Gasteiger partial charge on any atom is 0.277 e. The molecule has 168 valence electrons. The van der Waals surface area contributed by atoms with E-state index in [0.717, 1.165) is 36.9 Å². The molecule has 2 aromatic heterocycles. The molecular weight excluding hydrogens is 434 g/mol. The van der Waals surface area contributed by atoms with Crippen molar-refractivity contribution in [2.45, 2.75) is 38.1 Å². The standard InChI is InChI=1S/C21H23N5O5S/c1-30-15-8-6-13(7-9-15)18-20(25-31-24-18)22-21(27)19-16-4-2-3-5-17(16)26(23-19)14-10-11-32(28,29)12-14/h6-9,14H,2-5,10-12H2,1H3,(H,22,25,27)/t14-/m1/s1. The predicted octanol–water partition coefficient (Wildman–Crippen LogP) is 2.43. The summed E-state index contributed by atoms with van der Waals surface area (Å²) < 4.78 is 35.8. The van der Waals surface area contributed by atoms with Gasteiger partial charge in [-0.25, -0.2) is 13.0 Å². The van der Waals surface area contributed by atoms with Crippen molar-refractivity contribution in [2.75, 3.05) is 23.9 Å². The summed E-state index contributed by atoms with van der Waals surface area (Å²) in [6.45, 7) is 0. The number of benzene rings is 1. The smallest absolute Gasteiger partial charge is 0.277 e. The van der Waals surface area contributed by atoms with Crippen LogP contribution in [0.1, 0.15) is 47.1 Å². The van der Waals surface area contributed by atoms with Crippen molar-refractivity contribution in [3.63, 3.8) is 0 Å². The van der Waals surface area contributed by atoms with Crippen molar-refractivity contribution in [1.29, 1.82) is 0 Å². The lowest BCUT2D eigenvalue weighted by atomic mass is 9.95. The number of carbonyl (C=O) groups excluding carboxylic acids is 1. The molecule has 1 atom stereocenters. The van der Waals surface area contributed by atoms with Crippen LogP contribution in [-0.4, -0.2) is 53.0 Å². The lowest BCUT2D eigenvalue weighted by Gasteiger charge is -2.17. The van der Waals surface area contributed by atoms with Crippen LogP contribution in [0.3, 0.4) is 0 Å². The molecule has 0 bridgehead atoms. The molecule has 32 heavy (non-hydrogen) atoms. The van der Waals surface area contributed by atoms with Crippen molar-refractivity contribution in [3.8, 4) is 17.0 Å². The van der Waals surface area contributed by atoms with E-state index in [1.54, 1.807) is 36.1 Å². The van der Waals surface area contributed by atoms with E-state index in [1.807, 2.05) is 0 Å². The molecule has 2 aliphatic rings. The number of nitrogens with one attached hydrogen (secondary N) is 1. The second-order valence-corrected chi connectivity index (χ2v) is 10.4. The maximum absolute atomic E-state index is 13.2. The van der Waals surface area contributed by atoms with E-state index in [2.05, 4.69) is 20.7 Å². The zero-order chi connectivity index (χ0) is 22.3. The van der Waals surface area contributed by atoms with E-state index in [1.165, 1.54) is 0 Å². The summed E-state index contributed by atoms with van der Waals surface area (Å²) in [5.74, 6) is 0.707. The molecule has 3 aromatic rings. The summed E-state index contributed by atoms with van der Waals surface area (Å²) in [5, 5.41) is 15.1. The Labute approximate surface area is 184 Å².